The topological polar surface area (TPSA) is 65.0 Å². The molecule has 0 saturated heterocycles. The molecular weight excluding hydrogens is 687 g/mol. The van der Waals surface area contributed by atoms with Gasteiger partial charge in [-0.15, -0.1) is 0 Å². The minimum Gasteiger partial charge on any atom is -0.456 e. The van der Waals surface area contributed by atoms with Crippen LogP contribution in [0.4, 0.5) is 0 Å². The van der Waals surface area contributed by atoms with Crippen molar-refractivity contribution in [3.8, 4) is 67.4 Å². The Morgan fingerprint density at radius 2 is 0.964 bits per heavy atom. The van der Waals surface area contributed by atoms with Gasteiger partial charge in [0.25, 0.3) is 0 Å². The Morgan fingerprint density at radius 3 is 1.77 bits per heavy atom. The fraction of sp³-hybridized carbons (Fsp3) is 0. The summed E-state index contributed by atoms with van der Waals surface area (Å²) in [5.74, 6) is 0.657. The molecule has 0 radical (unpaired) electrons. The first-order chi connectivity index (χ1) is 27.7. The maximum atomic E-state index is 6.69. The third kappa shape index (κ3) is 5.45. The molecule has 0 bridgehead atoms. The van der Waals surface area contributed by atoms with Crippen LogP contribution in [0.2, 0.25) is 0 Å². The van der Waals surface area contributed by atoms with Crippen LogP contribution in [-0.2, 0) is 0 Å². The fourth-order valence-electron chi connectivity index (χ4n) is 7.84. The van der Waals surface area contributed by atoms with Crippen LogP contribution >= 0.6 is 0 Å². The largest absolute Gasteiger partial charge is 0.456 e. The van der Waals surface area contributed by atoms with E-state index in [1.807, 2.05) is 72.9 Å². The minimum atomic E-state index is 0.657. The normalized spacial score (nSPS) is 11.6. The number of aromatic nitrogens is 3. The Balaban J connectivity index is 1.02. The van der Waals surface area contributed by atoms with E-state index in [1.165, 1.54) is 0 Å². The highest BCUT2D eigenvalue weighted by Crippen LogP contribution is 2.43. The molecule has 0 saturated carbocycles. The van der Waals surface area contributed by atoms with Crippen molar-refractivity contribution in [1.82, 2.24) is 15.0 Å². The Kier molecular flexibility index (Phi) is 7.42. The molecule has 5 heteroatoms. The lowest BCUT2D eigenvalue weighted by atomic mass is 9.93. The third-order valence-electron chi connectivity index (χ3n) is 10.6. The summed E-state index contributed by atoms with van der Waals surface area (Å²) in [5.41, 5.74) is 14.4. The summed E-state index contributed by atoms with van der Waals surface area (Å²) in [6.07, 6.45) is 1.81. The van der Waals surface area contributed by atoms with Gasteiger partial charge in [-0.2, -0.15) is 0 Å². The summed E-state index contributed by atoms with van der Waals surface area (Å²) < 4.78 is 12.8. The van der Waals surface area contributed by atoms with Crippen molar-refractivity contribution in [2.24, 2.45) is 0 Å². The number of hydrogen-bond acceptors (Lipinski definition) is 5. The average Bonchev–Trinajstić information content (AvgIpc) is 3.85. The molecule has 0 aliphatic heterocycles. The highest BCUT2D eigenvalue weighted by atomic mass is 16.3. The molecule has 7 aromatic carbocycles. The van der Waals surface area contributed by atoms with Gasteiger partial charge in [0, 0.05) is 55.6 Å². The van der Waals surface area contributed by atoms with Crippen LogP contribution in [-0.4, -0.2) is 15.0 Å². The summed E-state index contributed by atoms with van der Waals surface area (Å²) in [7, 11) is 0. The van der Waals surface area contributed by atoms with Crippen LogP contribution in [0.15, 0.2) is 197 Å². The Morgan fingerprint density at radius 1 is 0.339 bits per heavy atom. The summed E-state index contributed by atoms with van der Waals surface area (Å²) >= 11 is 0. The van der Waals surface area contributed by atoms with Gasteiger partial charge in [-0.1, -0.05) is 127 Å². The van der Waals surface area contributed by atoms with E-state index in [-0.39, 0.29) is 0 Å². The third-order valence-corrected chi connectivity index (χ3v) is 10.6. The maximum absolute atomic E-state index is 6.69. The zero-order chi connectivity index (χ0) is 37.0. The second kappa shape index (κ2) is 13.0. The van der Waals surface area contributed by atoms with Gasteiger partial charge in [0.1, 0.15) is 22.3 Å². The number of hydrogen-bond donors (Lipinski definition) is 0. The molecule has 11 aromatic rings. The van der Waals surface area contributed by atoms with E-state index in [0.717, 1.165) is 105 Å². The van der Waals surface area contributed by atoms with E-state index in [9.17, 15) is 0 Å². The lowest BCUT2D eigenvalue weighted by Crippen LogP contribution is -1.96. The highest BCUT2D eigenvalue weighted by molar-refractivity contribution is 6.17. The summed E-state index contributed by atoms with van der Waals surface area (Å²) in [6, 6.07) is 62.5. The van der Waals surface area contributed by atoms with Crippen molar-refractivity contribution in [2.45, 2.75) is 0 Å². The van der Waals surface area contributed by atoms with Crippen LogP contribution < -0.4 is 0 Å². The van der Waals surface area contributed by atoms with Gasteiger partial charge in [-0.3, -0.25) is 4.98 Å². The van der Waals surface area contributed by atoms with Crippen LogP contribution in [0.3, 0.4) is 0 Å². The Bertz CT molecular complexity index is 3240. The van der Waals surface area contributed by atoms with E-state index in [0.29, 0.717) is 5.82 Å². The number of nitrogens with zero attached hydrogens (tertiary/aromatic N) is 3. The molecule has 11 rings (SSSR count). The van der Waals surface area contributed by atoms with Crippen molar-refractivity contribution in [1.29, 1.82) is 0 Å². The van der Waals surface area contributed by atoms with Gasteiger partial charge in [0.2, 0.25) is 0 Å². The Hall–Kier alpha value is -7.63. The van der Waals surface area contributed by atoms with Crippen molar-refractivity contribution in [3.05, 3.63) is 188 Å². The number of benzene rings is 7. The van der Waals surface area contributed by atoms with Crippen molar-refractivity contribution < 1.29 is 8.83 Å². The van der Waals surface area contributed by atoms with Gasteiger partial charge in [0.05, 0.1) is 17.1 Å². The van der Waals surface area contributed by atoms with Crippen molar-refractivity contribution in [2.75, 3.05) is 0 Å². The van der Waals surface area contributed by atoms with E-state index in [1.54, 1.807) is 0 Å². The molecule has 56 heavy (non-hydrogen) atoms. The van der Waals surface area contributed by atoms with Gasteiger partial charge in [-0.05, 0) is 71.3 Å². The van der Waals surface area contributed by atoms with Crippen LogP contribution in [0.1, 0.15) is 0 Å². The molecule has 262 valence electrons. The van der Waals surface area contributed by atoms with E-state index >= 15 is 0 Å². The molecule has 0 atom stereocenters. The molecule has 0 fully saturated rings. The van der Waals surface area contributed by atoms with Crippen LogP contribution in [0, 0.1) is 0 Å². The van der Waals surface area contributed by atoms with Crippen molar-refractivity contribution >= 4 is 43.9 Å². The second-order valence-corrected chi connectivity index (χ2v) is 14.0. The summed E-state index contributed by atoms with van der Waals surface area (Å²) in [5, 5.41) is 4.39. The quantitative estimate of drug-likeness (QED) is 0.171. The zero-order valence-corrected chi connectivity index (χ0v) is 30.1. The number of para-hydroxylation sites is 2. The maximum Gasteiger partial charge on any atom is 0.160 e. The van der Waals surface area contributed by atoms with E-state index in [4.69, 9.17) is 18.8 Å². The number of pyridine rings is 1. The minimum absolute atomic E-state index is 0.657. The molecule has 0 unspecified atom stereocenters. The number of rotatable bonds is 6. The fourth-order valence-corrected chi connectivity index (χ4v) is 7.84. The van der Waals surface area contributed by atoms with Crippen molar-refractivity contribution in [3.63, 3.8) is 0 Å². The Labute approximate surface area is 322 Å². The van der Waals surface area contributed by atoms with E-state index < -0.39 is 0 Å². The number of fused-ring (bicyclic) bond motifs is 6. The number of furan rings is 2. The first-order valence-electron chi connectivity index (χ1n) is 18.7. The molecular formula is C51H31N3O2. The SMILES string of the molecule is c1ccc(-c2cc(-c3ccc(-c4ccc(-c5ccc6oc7ccccc7c6c5)c5c4oc4ccccc45)cc3)nc(-c3cccc(-c4ccccn4)c3)n2)cc1. The smallest absolute Gasteiger partial charge is 0.160 e. The highest BCUT2D eigenvalue weighted by Gasteiger charge is 2.19. The lowest BCUT2D eigenvalue weighted by Gasteiger charge is -2.11. The average molecular weight is 718 g/mol. The molecule has 0 N–H and O–H groups in total. The van der Waals surface area contributed by atoms with Crippen LogP contribution in [0.5, 0.6) is 0 Å². The summed E-state index contributed by atoms with van der Waals surface area (Å²) in [4.78, 5) is 14.8. The van der Waals surface area contributed by atoms with Gasteiger partial charge in [-0.25, -0.2) is 9.97 Å². The standard InChI is InChI=1S/C51H31N3O2/c1-2-11-33(12-3-1)44-31-45(54-51(53-44)37-14-10-13-36(29-37)43-17-8-9-28-52-43)34-22-20-32(21-23-34)39-26-25-38(49-41-16-5-7-19-47(41)56-50(39)49)35-24-27-48-42(30-35)40-15-4-6-18-46(40)55-48/h1-31H. The monoisotopic (exact) mass is 717 g/mol. The lowest BCUT2D eigenvalue weighted by molar-refractivity contribution is 0.669. The molecule has 0 spiro atoms. The molecule has 0 aliphatic carbocycles. The summed E-state index contributed by atoms with van der Waals surface area (Å²) in [6.45, 7) is 0. The predicted molar refractivity (Wildman–Crippen MR) is 227 cm³/mol. The van der Waals surface area contributed by atoms with Crippen LogP contribution in [0.25, 0.3) is 111 Å². The van der Waals surface area contributed by atoms with Gasteiger partial charge < -0.3 is 8.83 Å². The molecule has 0 amide bonds. The zero-order valence-electron chi connectivity index (χ0n) is 30.1. The molecule has 5 nitrogen and oxygen atoms in total. The molecule has 4 aromatic heterocycles. The first-order valence-corrected chi connectivity index (χ1v) is 18.7. The molecule has 4 heterocycles. The molecule has 0 aliphatic rings. The van der Waals surface area contributed by atoms with Gasteiger partial charge in [0.15, 0.2) is 5.82 Å². The first kappa shape index (κ1) is 31.9. The van der Waals surface area contributed by atoms with Gasteiger partial charge >= 0.3 is 0 Å². The van der Waals surface area contributed by atoms with E-state index in [2.05, 4.69) is 120 Å². The second-order valence-electron chi connectivity index (χ2n) is 14.0. The predicted octanol–water partition coefficient (Wildman–Crippen LogP) is 13.7.